The molecule has 2 rings (SSSR count). The largest absolute Gasteiger partial charge is 0.485 e. The monoisotopic (exact) mass is 633 g/mol. The van der Waals surface area contributed by atoms with Gasteiger partial charge < -0.3 is 30.2 Å². The lowest BCUT2D eigenvalue weighted by atomic mass is 10.0. The van der Waals surface area contributed by atoms with Gasteiger partial charge in [-0.3, -0.25) is 20.1 Å². The Balaban J connectivity index is 2.18. The molecule has 0 spiro atoms. The van der Waals surface area contributed by atoms with E-state index < -0.39 is 35.8 Å². The molecule has 0 heterocycles. The number of rotatable bonds is 20. The molecule has 2 aromatic rings. The fraction of sp³-hybridized carbons (Fsp3) is 0.531. The fourth-order valence-corrected chi connectivity index (χ4v) is 4.11. The molecule has 250 valence electrons. The number of alkyl carbamates (subject to hydrolysis) is 1. The molecule has 0 bridgehead atoms. The molecule has 13 nitrogen and oxygen atoms in total. The molecule has 0 aliphatic carbocycles. The van der Waals surface area contributed by atoms with Crippen LogP contribution in [0.5, 0.6) is 5.75 Å². The van der Waals surface area contributed by atoms with Crippen LogP contribution in [-0.2, 0) is 41.9 Å². The van der Waals surface area contributed by atoms with E-state index in [1.807, 2.05) is 30.3 Å². The van der Waals surface area contributed by atoms with Gasteiger partial charge in [0.25, 0.3) is 0 Å². The summed E-state index contributed by atoms with van der Waals surface area (Å²) in [5.41, 5.74) is 0.815. The summed E-state index contributed by atoms with van der Waals surface area (Å²) in [6, 6.07) is 14.0. The third-order valence-corrected chi connectivity index (χ3v) is 6.30. The maximum atomic E-state index is 13.5. The normalized spacial score (nSPS) is 12.7. The predicted octanol–water partition coefficient (Wildman–Crippen LogP) is 3.86. The zero-order chi connectivity index (χ0) is 33.1. The third-order valence-electron chi connectivity index (χ3n) is 6.30. The van der Waals surface area contributed by atoms with E-state index in [0.717, 1.165) is 24.8 Å². The predicted molar refractivity (Wildman–Crippen MR) is 165 cm³/mol. The van der Waals surface area contributed by atoms with Gasteiger partial charge in [0.15, 0.2) is 6.10 Å². The van der Waals surface area contributed by atoms with Gasteiger partial charge in [-0.2, -0.15) is 0 Å². The van der Waals surface area contributed by atoms with E-state index >= 15 is 0 Å². The number of unbranched alkanes of at least 4 members (excludes halogenated alkanes) is 2. The van der Waals surface area contributed by atoms with Crippen LogP contribution in [0.3, 0.4) is 0 Å². The molecule has 0 aliphatic rings. The quantitative estimate of drug-likeness (QED) is 0.0819. The van der Waals surface area contributed by atoms with Crippen LogP contribution in [0.15, 0.2) is 54.6 Å². The molecule has 3 amide bonds. The number of hydrogen-bond donors (Lipinski definition) is 5. The van der Waals surface area contributed by atoms with Crippen molar-refractivity contribution in [2.24, 2.45) is 0 Å². The number of benzene rings is 2. The molecule has 5 N–H and O–H groups in total. The lowest BCUT2D eigenvalue weighted by Crippen LogP contribution is -2.56. The van der Waals surface area contributed by atoms with E-state index in [9.17, 15) is 14.4 Å². The molecule has 13 heteroatoms. The lowest BCUT2D eigenvalue weighted by molar-refractivity contribution is -0.286. The highest BCUT2D eigenvalue weighted by Gasteiger charge is 2.29. The minimum atomic E-state index is -1.14. The molecule has 0 fully saturated rings. The van der Waals surface area contributed by atoms with Gasteiger partial charge in [0, 0.05) is 13.0 Å². The van der Waals surface area contributed by atoms with E-state index in [1.54, 1.807) is 45.0 Å². The van der Waals surface area contributed by atoms with Crippen LogP contribution in [0.4, 0.5) is 4.79 Å². The summed E-state index contributed by atoms with van der Waals surface area (Å²) in [5, 5.41) is 25.7. The summed E-state index contributed by atoms with van der Waals surface area (Å²) in [7, 11) is 0. The number of carbonyl (C=O) groups excluding carboxylic acids is 3. The van der Waals surface area contributed by atoms with Gasteiger partial charge >= 0.3 is 6.09 Å². The van der Waals surface area contributed by atoms with Gasteiger partial charge in [-0.25, -0.2) is 14.6 Å². The van der Waals surface area contributed by atoms with Crippen molar-refractivity contribution in [3.8, 4) is 5.75 Å². The fourth-order valence-electron chi connectivity index (χ4n) is 4.11. The van der Waals surface area contributed by atoms with Crippen LogP contribution in [0.1, 0.15) is 58.1 Å². The van der Waals surface area contributed by atoms with Crippen LogP contribution in [0.25, 0.3) is 0 Å². The highest BCUT2D eigenvalue weighted by molar-refractivity contribution is 5.91. The first-order valence-corrected chi connectivity index (χ1v) is 15.0. The molecule has 0 aromatic heterocycles. The summed E-state index contributed by atoms with van der Waals surface area (Å²) in [5.74, 6) is -0.584. The van der Waals surface area contributed by atoms with Gasteiger partial charge in [-0.1, -0.05) is 62.2 Å². The van der Waals surface area contributed by atoms with E-state index in [-0.39, 0.29) is 38.8 Å². The maximum absolute atomic E-state index is 13.5. The molecule has 0 saturated heterocycles. The molecule has 0 aliphatic heterocycles. The lowest BCUT2D eigenvalue weighted by Gasteiger charge is -2.25. The van der Waals surface area contributed by atoms with Crippen molar-refractivity contribution in [1.29, 1.82) is 0 Å². The number of carbonyl (C=O) groups is 3. The Morgan fingerprint density at radius 1 is 0.800 bits per heavy atom. The van der Waals surface area contributed by atoms with E-state index in [2.05, 4.69) is 32.6 Å². The molecule has 2 unspecified atom stereocenters. The number of ether oxygens (including phenoxy) is 3. The number of nitrogens with one attached hydrogen (secondary N) is 3. The summed E-state index contributed by atoms with van der Waals surface area (Å²) in [6.07, 6.45) is 1.30. The summed E-state index contributed by atoms with van der Waals surface area (Å²) >= 11 is 0. The smallest absolute Gasteiger partial charge is 0.408 e. The van der Waals surface area contributed by atoms with E-state index in [1.165, 1.54) is 0 Å². The second-order valence-corrected chi connectivity index (χ2v) is 11.4. The molecule has 0 radical (unpaired) electrons. The van der Waals surface area contributed by atoms with Gasteiger partial charge in [-0.15, -0.1) is 0 Å². The van der Waals surface area contributed by atoms with Gasteiger partial charge in [0.05, 0.1) is 13.2 Å². The number of amides is 3. The van der Waals surface area contributed by atoms with Crippen molar-refractivity contribution in [2.75, 3.05) is 26.4 Å². The van der Waals surface area contributed by atoms with Crippen LogP contribution in [0, 0.1) is 0 Å². The maximum Gasteiger partial charge on any atom is 0.408 e. The molecular formula is C32H47N3O10. The summed E-state index contributed by atoms with van der Waals surface area (Å²) < 4.78 is 16.8. The van der Waals surface area contributed by atoms with Gasteiger partial charge in [0.1, 0.15) is 36.6 Å². The Kier molecular flexibility index (Phi) is 16.9. The van der Waals surface area contributed by atoms with Crippen molar-refractivity contribution >= 4 is 17.9 Å². The van der Waals surface area contributed by atoms with Crippen LogP contribution in [0.2, 0.25) is 0 Å². The zero-order valence-electron chi connectivity index (χ0n) is 26.5. The summed E-state index contributed by atoms with van der Waals surface area (Å²) in [4.78, 5) is 47.6. The van der Waals surface area contributed by atoms with Crippen molar-refractivity contribution in [3.05, 3.63) is 65.7 Å². The Bertz CT molecular complexity index is 1140. The first kappa shape index (κ1) is 37.4. The second-order valence-electron chi connectivity index (χ2n) is 11.4. The highest BCUT2D eigenvalue weighted by atomic mass is 17.1. The third kappa shape index (κ3) is 15.7. The summed E-state index contributed by atoms with van der Waals surface area (Å²) in [6.45, 7) is 7.24. The van der Waals surface area contributed by atoms with Crippen molar-refractivity contribution < 1.29 is 48.9 Å². The topological polar surface area (TPSA) is 174 Å². The highest BCUT2D eigenvalue weighted by Crippen LogP contribution is 2.16. The number of hydrogen-bond acceptors (Lipinski definition) is 10. The minimum Gasteiger partial charge on any atom is -0.485 e. The second kappa shape index (κ2) is 20.3. The molecule has 2 atom stereocenters. The average molecular weight is 634 g/mol. The van der Waals surface area contributed by atoms with E-state index in [0.29, 0.717) is 17.9 Å². The molecule has 45 heavy (non-hydrogen) atoms. The Morgan fingerprint density at radius 3 is 2.07 bits per heavy atom. The van der Waals surface area contributed by atoms with Gasteiger partial charge in [-0.05, 0) is 50.5 Å². The zero-order valence-corrected chi connectivity index (χ0v) is 26.5. The SMILES string of the molecule is CCCCCNC(=O)C(Cc1ccc(OC(COO)COO)cc1)NC(=O)C(COCc1ccccc1)NC(=O)OC(C)(C)C. The minimum absolute atomic E-state index is 0.137. The standard InChI is InChI=1S/C32H47N3O10/c1-5-6-10-17-33-29(36)27(18-23-13-15-25(16-14-23)44-26(20-42-39)21-43-40)34-30(37)28(35-31(38)45-32(2,3)4)22-41-19-24-11-8-7-9-12-24/h7-9,11-16,26-28,39-40H,5-6,10,17-22H2,1-4H3,(H,33,36)(H,34,37)(H,35,38). The van der Waals surface area contributed by atoms with Crippen molar-refractivity contribution in [3.63, 3.8) is 0 Å². The van der Waals surface area contributed by atoms with Crippen LogP contribution >= 0.6 is 0 Å². The average Bonchev–Trinajstić information content (AvgIpc) is 2.99. The van der Waals surface area contributed by atoms with Crippen molar-refractivity contribution in [2.45, 2.75) is 83.8 Å². The first-order chi connectivity index (χ1) is 21.5. The Morgan fingerprint density at radius 2 is 1.47 bits per heavy atom. The van der Waals surface area contributed by atoms with Crippen LogP contribution in [-0.4, -0.2) is 78.6 Å². The van der Waals surface area contributed by atoms with Crippen molar-refractivity contribution in [1.82, 2.24) is 16.0 Å². The molecule has 0 saturated carbocycles. The Labute approximate surface area is 264 Å². The van der Waals surface area contributed by atoms with Gasteiger partial charge in [0.2, 0.25) is 11.8 Å². The van der Waals surface area contributed by atoms with Crippen LogP contribution < -0.4 is 20.7 Å². The molecule has 2 aromatic carbocycles. The molecular weight excluding hydrogens is 586 g/mol. The Hall–Kier alpha value is -3.75. The van der Waals surface area contributed by atoms with E-state index in [4.69, 9.17) is 24.7 Å². The first-order valence-electron chi connectivity index (χ1n) is 15.0.